The van der Waals surface area contributed by atoms with Crippen LogP contribution < -0.4 is 14.8 Å². The molecule has 28 heavy (non-hydrogen) atoms. The molecule has 2 aromatic rings. The highest BCUT2D eigenvalue weighted by Gasteiger charge is 2.18. The molecule has 0 aromatic heterocycles. The second-order valence-corrected chi connectivity index (χ2v) is 7.73. The summed E-state index contributed by atoms with van der Waals surface area (Å²) in [5, 5.41) is 4.40. The van der Waals surface area contributed by atoms with Gasteiger partial charge in [0.15, 0.2) is 11.5 Å². The van der Waals surface area contributed by atoms with Crippen molar-refractivity contribution in [3.05, 3.63) is 57.6 Å². The molecular formula is C21H23Cl2NO3S. The van der Waals surface area contributed by atoms with E-state index in [9.17, 15) is 0 Å². The van der Waals surface area contributed by atoms with Gasteiger partial charge in [-0.2, -0.15) is 0 Å². The van der Waals surface area contributed by atoms with E-state index in [2.05, 4.69) is 5.32 Å². The average molecular weight is 440 g/mol. The Balaban J connectivity index is 1.71. The molecule has 1 atom stereocenters. The largest absolute Gasteiger partial charge is 0.490 e. The molecular weight excluding hydrogens is 417 g/mol. The molecule has 1 fully saturated rings. The van der Waals surface area contributed by atoms with Gasteiger partial charge < -0.3 is 19.5 Å². The van der Waals surface area contributed by atoms with Crippen molar-refractivity contribution in [1.82, 2.24) is 5.32 Å². The second kappa shape index (κ2) is 10.3. The lowest BCUT2D eigenvalue weighted by atomic mass is 10.1. The Labute approximate surface area is 181 Å². The van der Waals surface area contributed by atoms with Crippen LogP contribution in [0.25, 0.3) is 0 Å². The third kappa shape index (κ3) is 5.74. The second-order valence-electron chi connectivity index (χ2n) is 6.48. The first-order chi connectivity index (χ1) is 13.6. The fraction of sp³-hybridized carbons (Fsp3) is 0.381. The van der Waals surface area contributed by atoms with E-state index in [1.54, 1.807) is 6.07 Å². The number of rotatable bonds is 8. The van der Waals surface area contributed by atoms with Crippen molar-refractivity contribution in [1.29, 1.82) is 0 Å². The summed E-state index contributed by atoms with van der Waals surface area (Å²) in [6.07, 6.45) is 2.36. The summed E-state index contributed by atoms with van der Waals surface area (Å²) in [4.78, 5) is 0.614. The Morgan fingerprint density at radius 3 is 2.68 bits per heavy atom. The van der Waals surface area contributed by atoms with Gasteiger partial charge >= 0.3 is 0 Å². The summed E-state index contributed by atoms with van der Waals surface area (Å²) in [5.41, 5.74) is 1.78. The molecule has 4 nitrogen and oxygen atoms in total. The Hall–Kier alpha value is -1.53. The maximum absolute atomic E-state index is 6.49. The summed E-state index contributed by atoms with van der Waals surface area (Å²) in [6.45, 7) is 4.27. The number of ether oxygens (including phenoxy) is 3. The van der Waals surface area contributed by atoms with E-state index in [-0.39, 0.29) is 6.10 Å². The van der Waals surface area contributed by atoms with E-state index < -0.39 is 0 Å². The van der Waals surface area contributed by atoms with Crippen LogP contribution >= 0.6 is 35.4 Å². The molecule has 0 aliphatic carbocycles. The number of hydrogen-bond donors (Lipinski definition) is 1. The standard InChI is InChI=1S/C21H23Cl2NO3S/c1-2-25-19-11-15(21(28)24-12-17-4-3-9-26-17)10-18(23)20(19)27-13-14-5-7-16(22)8-6-14/h5-8,10-11,17H,2-4,9,12-13H2,1H3,(H,24,28)/t17-/m1/s1. The number of nitrogens with one attached hydrogen (secondary N) is 1. The summed E-state index contributed by atoms with van der Waals surface area (Å²) < 4.78 is 17.3. The van der Waals surface area contributed by atoms with Crippen LogP contribution in [0.3, 0.4) is 0 Å². The molecule has 150 valence electrons. The number of hydrogen-bond acceptors (Lipinski definition) is 4. The zero-order chi connectivity index (χ0) is 19.9. The van der Waals surface area contributed by atoms with Gasteiger partial charge in [0.1, 0.15) is 11.6 Å². The molecule has 7 heteroatoms. The lowest BCUT2D eigenvalue weighted by molar-refractivity contribution is 0.114. The SMILES string of the molecule is CCOc1cc(C(=S)NC[C@H]2CCCO2)cc(Cl)c1OCc1ccc(Cl)cc1. The quantitative estimate of drug-likeness (QED) is 0.556. The molecule has 1 N–H and O–H groups in total. The van der Waals surface area contributed by atoms with Gasteiger partial charge in [-0.1, -0.05) is 47.6 Å². The smallest absolute Gasteiger partial charge is 0.180 e. The lowest BCUT2D eigenvalue weighted by Crippen LogP contribution is -2.31. The van der Waals surface area contributed by atoms with Crippen molar-refractivity contribution in [2.45, 2.75) is 32.5 Å². The van der Waals surface area contributed by atoms with Gasteiger partial charge in [0.25, 0.3) is 0 Å². The van der Waals surface area contributed by atoms with Crippen LogP contribution in [0.4, 0.5) is 0 Å². The van der Waals surface area contributed by atoms with Crippen molar-refractivity contribution in [3.63, 3.8) is 0 Å². The lowest BCUT2D eigenvalue weighted by Gasteiger charge is -2.17. The van der Waals surface area contributed by atoms with Gasteiger partial charge in [0.05, 0.1) is 17.7 Å². The zero-order valence-corrected chi connectivity index (χ0v) is 18.0. The fourth-order valence-corrected chi connectivity index (χ4v) is 3.54. The minimum absolute atomic E-state index is 0.210. The highest BCUT2D eigenvalue weighted by atomic mass is 35.5. The first kappa shape index (κ1) is 21.2. The Morgan fingerprint density at radius 1 is 1.21 bits per heavy atom. The van der Waals surface area contributed by atoms with Crippen LogP contribution in [0.15, 0.2) is 36.4 Å². The average Bonchev–Trinajstić information content (AvgIpc) is 3.20. The third-order valence-electron chi connectivity index (χ3n) is 4.38. The minimum Gasteiger partial charge on any atom is -0.490 e. The molecule has 1 aliphatic heterocycles. The van der Waals surface area contributed by atoms with E-state index in [4.69, 9.17) is 49.6 Å². The van der Waals surface area contributed by atoms with E-state index in [1.807, 2.05) is 37.3 Å². The predicted octanol–water partition coefficient (Wildman–Crippen LogP) is 5.42. The van der Waals surface area contributed by atoms with Gasteiger partial charge in [-0.25, -0.2) is 0 Å². The molecule has 1 saturated heterocycles. The molecule has 2 aromatic carbocycles. The van der Waals surface area contributed by atoms with Gasteiger partial charge in [-0.05, 0) is 49.6 Å². The monoisotopic (exact) mass is 439 g/mol. The Kier molecular flexibility index (Phi) is 7.80. The predicted molar refractivity (Wildman–Crippen MR) is 117 cm³/mol. The summed E-state index contributed by atoms with van der Waals surface area (Å²) in [5.74, 6) is 1.07. The minimum atomic E-state index is 0.210. The summed E-state index contributed by atoms with van der Waals surface area (Å²) in [6, 6.07) is 11.1. The third-order valence-corrected chi connectivity index (χ3v) is 5.30. The van der Waals surface area contributed by atoms with E-state index in [1.165, 1.54) is 0 Å². The fourth-order valence-electron chi connectivity index (χ4n) is 2.95. The summed E-state index contributed by atoms with van der Waals surface area (Å²) >= 11 is 17.9. The highest BCUT2D eigenvalue weighted by molar-refractivity contribution is 7.80. The molecule has 0 amide bonds. The molecule has 1 heterocycles. The maximum atomic E-state index is 6.49. The van der Waals surface area contributed by atoms with Gasteiger partial charge in [0, 0.05) is 23.7 Å². The van der Waals surface area contributed by atoms with Crippen molar-refractivity contribution < 1.29 is 14.2 Å². The van der Waals surface area contributed by atoms with Gasteiger partial charge in [-0.15, -0.1) is 0 Å². The Bertz CT molecular complexity index is 808. The van der Waals surface area contributed by atoms with Crippen molar-refractivity contribution in [2.24, 2.45) is 0 Å². The number of halogens is 2. The van der Waals surface area contributed by atoms with Crippen LogP contribution in [0, 0.1) is 0 Å². The zero-order valence-electron chi connectivity index (χ0n) is 15.7. The topological polar surface area (TPSA) is 39.7 Å². The maximum Gasteiger partial charge on any atom is 0.180 e. The molecule has 3 rings (SSSR count). The molecule has 0 bridgehead atoms. The molecule has 0 saturated carbocycles. The van der Waals surface area contributed by atoms with Crippen LogP contribution in [-0.4, -0.2) is 30.9 Å². The van der Waals surface area contributed by atoms with Crippen molar-refractivity contribution in [3.8, 4) is 11.5 Å². The number of thiocarbonyl (C=S) groups is 1. The molecule has 1 aliphatic rings. The molecule has 0 spiro atoms. The highest BCUT2D eigenvalue weighted by Crippen LogP contribution is 2.37. The molecule has 0 radical (unpaired) electrons. The Morgan fingerprint density at radius 2 is 2.00 bits per heavy atom. The first-order valence-electron chi connectivity index (χ1n) is 9.30. The van der Waals surface area contributed by atoms with Crippen LogP contribution in [0.1, 0.15) is 30.9 Å². The van der Waals surface area contributed by atoms with Crippen LogP contribution in [-0.2, 0) is 11.3 Å². The summed E-state index contributed by atoms with van der Waals surface area (Å²) in [7, 11) is 0. The van der Waals surface area contributed by atoms with Gasteiger partial charge in [0.2, 0.25) is 0 Å². The van der Waals surface area contributed by atoms with Gasteiger partial charge in [-0.3, -0.25) is 0 Å². The van der Waals surface area contributed by atoms with Crippen LogP contribution in [0.5, 0.6) is 11.5 Å². The van der Waals surface area contributed by atoms with Crippen molar-refractivity contribution >= 4 is 40.4 Å². The first-order valence-corrected chi connectivity index (χ1v) is 10.5. The normalized spacial score (nSPS) is 16.0. The van der Waals surface area contributed by atoms with E-state index >= 15 is 0 Å². The van der Waals surface area contributed by atoms with E-state index in [0.717, 1.165) is 30.6 Å². The van der Waals surface area contributed by atoms with Crippen molar-refractivity contribution in [2.75, 3.05) is 19.8 Å². The molecule has 0 unspecified atom stereocenters. The number of benzene rings is 2. The van der Waals surface area contributed by atoms with Crippen LogP contribution in [0.2, 0.25) is 10.0 Å². The van der Waals surface area contributed by atoms with E-state index in [0.29, 0.717) is 46.3 Å².